The van der Waals surface area contributed by atoms with E-state index in [9.17, 15) is 4.79 Å². The van der Waals surface area contributed by atoms with Crippen LogP contribution in [0, 0.1) is 0 Å². The second-order valence-corrected chi connectivity index (χ2v) is 5.85. The van der Waals surface area contributed by atoms with E-state index >= 15 is 0 Å². The van der Waals surface area contributed by atoms with Crippen molar-refractivity contribution in [3.63, 3.8) is 0 Å². The van der Waals surface area contributed by atoms with Crippen molar-refractivity contribution >= 4 is 29.0 Å². The monoisotopic (exact) mass is 322 g/mol. The summed E-state index contributed by atoms with van der Waals surface area (Å²) in [6.07, 6.45) is 0. The number of hydrogen-bond acceptors (Lipinski definition) is 2. The second kappa shape index (κ2) is 6.97. The fourth-order valence-electron chi connectivity index (χ4n) is 1.90. The minimum Gasteiger partial charge on any atom is -0.482 e. The lowest BCUT2D eigenvalue weighted by Gasteiger charge is -2.10. The van der Waals surface area contributed by atoms with Gasteiger partial charge >= 0.3 is 0 Å². The standard InChI is InChI=1S/C17H16Cl2O2/c1-11(2)12-6-8-13(9-7-12)16(20)10-21-17-14(18)4-3-5-15(17)19/h3-9,11H,10H2,1-2H3. The van der Waals surface area contributed by atoms with E-state index in [0.717, 1.165) is 0 Å². The highest BCUT2D eigenvalue weighted by molar-refractivity contribution is 6.37. The van der Waals surface area contributed by atoms with Crippen LogP contribution in [0.15, 0.2) is 42.5 Å². The molecule has 4 heteroatoms. The van der Waals surface area contributed by atoms with Gasteiger partial charge in [-0.25, -0.2) is 0 Å². The van der Waals surface area contributed by atoms with Crippen LogP contribution in [0.3, 0.4) is 0 Å². The molecule has 0 spiro atoms. The highest BCUT2D eigenvalue weighted by atomic mass is 35.5. The Kier molecular flexibility index (Phi) is 5.27. The fraction of sp³-hybridized carbons (Fsp3) is 0.235. The van der Waals surface area contributed by atoms with Crippen LogP contribution < -0.4 is 4.74 Å². The molecule has 0 radical (unpaired) electrons. The van der Waals surface area contributed by atoms with Gasteiger partial charge in [0.05, 0.1) is 10.0 Å². The third-order valence-corrected chi connectivity index (χ3v) is 3.76. The van der Waals surface area contributed by atoms with Gasteiger partial charge in [-0.3, -0.25) is 4.79 Å². The number of carbonyl (C=O) groups is 1. The van der Waals surface area contributed by atoms with Crippen LogP contribution in [0.5, 0.6) is 5.75 Å². The summed E-state index contributed by atoms with van der Waals surface area (Å²) in [6, 6.07) is 12.6. The van der Waals surface area contributed by atoms with E-state index in [2.05, 4.69) is 13.8 Å². The minimum absolute atomic E-state index is 0.0928. The summed E-state index contributed by atoms with van der Waals surface area (Å²) < 4.78 is 5.45. The van der Waals surface area contributed by atoms with Crippen molar-refractivity contribution < 1.29 is 9.53 Å². The summed E-state index contributed by atoms with van der Waals surface area (Å²) in [6.45, 7) is 4.13. The largest absolute Gasteiger partial charge is 0.482 e. The Labute approximate surface area is 134 Å². The molecule has 0 heterocycles. The Hall–Kier alpha value is -1.51. The minimum atomic E-state index is -0.110. The Bertz CT molecular complexity index is 613. The van der Waals surface area contributed by atoms with E-state index in [1.54, 1.807) is 18.2 Å². The summed E-state index contributed by atoms with van der Waals surface area (Å²) in [5.41, 5.74) is 1.81. The van der Waals surface area contributed by atoms with E-state index < -0.39 is 0 Å². The molecular weight excluding hydrogens is 307 g/mol. The maximum Gasteiger partial charge on any atom is 0.200 e. The number of benzene rings is 2. The van der Waals surface area contributed by atoms with Crippen molar-refractivity contribution in [1.82, 2.24) is 0 Å². The number of ether oxygens (including phenoxy) is 1. The molecular formula is C17H16Cl2O2. The number of halogens is 2. The van der Waals surface area contributed by atoms with E-state index in [1.807, 2.05) is 24.3 Å². The number of ketones is 1. The molecule has 0 fully saturated rings. The van der Waals surface area contributed by atoms with Crippen LogP contribution >= 0.6 is 23.2 Å². The molecule has 0 aliphatic rings. The molecule has 2 nitrogen and oxygen atoms in total. The van der Waals surface area contributed by atoms with Crippen molar-refractivity contribution in [2.24, 2.45) is 0 Å². The van der Waals surface area contributed by atoms with Gasteiger partial charge in [-0.15, -0.1) is 0 Å². The van der Waals surface area contributed by atoms with Crippen LogP contribution in [0.1, 0.15) is 35.7 Å². The lowest BCUT2D eigenvalue weighted by Crippen LogP contribution is -2.12. The third kappa shape index (κ3) is 3.99. The van der Waals surface area contributed by atoms with Gasteiger partial charge in [0.25, 0.3) is 0 Å². The van der Waals surface area contributed by atoms with Crippen LogP contribution in [-0.2, 0) is 0 Å². The zero-order chi connectivity index (χ0) is 15.4. The molecule has 0 saturated heterocycles. The molecule has 21 heavy (non-hydrogen) atoms. The Morgan fingerprint density at radius 2 is 1.62 bits per heavy atom. The summed E-state index contributed by atoms with van der Waals surface area (Å²) in [5.74, 6) is 0.668. The SMILES string of the molecule is CC(C)c1ccc(C(=O)COc2c(Cl)cccc2Cl)cc1. The highest BCUT2D eigenvalue weighted by Crippen LogP contribution is 2.32. The van der Waals surface area contributed by atoms with Crippen LogP contribution in [0.25, 0.3) is 0 Å². The quantitative estimate of drug-likeness (QED) is 0.691. The molecule has 0 aliphatic carbocycles. The Morgan fingerprint density at radius 1 is 1.05 bits per heavy atom. The first-order valence-electron chi connectivity index (χ1n) is 6.69. The Morgan fingerprint density at radius 3 is 2.14 bits per heavy atom. The average molecular weight is 323 g/mol. The predicted octanol–water partition coefficient (Wildman–Crippen LogP) is 5.38. The third-order valence-electron chi connectivity index (χ3n) is 3.17. The van der Waals surface area contributed by atoms with Crippen molar-refractivity contribution in [2.45, 2.75) is 19.8 Å². The number of rotatable bonds is 5. The van der Waals surface area contributed by atoms with Crippen LogP contribution in [0.4, 0.5) is 0 Å². The average Bonchev–Trinajstić information content (AvgIpc) is 2.46. The summed E-state index contributed by atoms with van der Waals surface area (Å²) in [4.78, 5) is 12.1. The molecule has 0 aliphatic heterocycles. The van der Waals surface area contributed by atoms with E-state index in [-0.39, 0.29) is 12.4 Å². The molecule has 2 rings (SSSR count). The number of para-hydroxylation sites is 1. The van der Waals surface area contributed by atoms with Crippen LogP contribution in [-0.4, -0.2) is 12.4 Å². The van der Waals surface area contributed by atoms with Crippen molar-refractivity contribution in [3.05, 3.63) is 63.6 Å². The molecule has 0 saturated carbocycles. The second-order valence-electron chi connectivity index (χ2n) is 5.04. The van der Waals surface area contributed by atoms with Crippen molar-refractivity contribution in [2.75, 3.05) is 6.61 Å². The topological polar surface area (TPSA) is 26.3 Å². The molecule has 2 aromatic rings. The zero-order valence-corrected chi connectivity index (χ0v) is 13.4. The lowest BCUT2D eigenvalue weighted by molar-refractivity contribution is 0.0921. The van der Waals surface area contributed by atoms with Gasteiger partial charge in [0.1, 0.15) is 0 Å². The highest BCUT2D eigenvalue weighted by Gasteiger charge is 2.11. The first-order valence-corrected chi connectivity index (χ1v) is 7.44. The molecule has 0 amide bonds. The Balaban J connectivity index is 2.05. The maximum atomic E-state index is 12.1. The number of carbonyl (C=O) groups excluding carboxylic acids is 1. The van der Waals surface area contributed by atoms with Gasteiger partial charge < -0.3 is 4.74 Å². The normalized spacial score (nSPS) is 10.7. The van der Waals surface area contributed by atoms with E-state index in [0.29, 0.717) is 27.3 Å². The molecule has 0 aromatic heterocycles. The summed E-state index contributed by atoms with van der Waals surface area (Å²) in [5, 5.41) is 0.788. The summed E-state index contributed by atoms with van der Waals surface area (Å²) in [7, 11) is 0. The maximum absolute atomic E-state index is 12.1. The molecule has 0 atom stereocenters. The molecule has 0 bridgehead atoms. The van der Waals surface area contributed by atoms with Crippen LogP contribution in [0.2, 0.25) is 10.0 Å². The van der Waals surface area contributed by atoms with Gasteiger partial charge in [0.2, 0.25) is 0 Å². The van der Waals surface area contributed by atoms with E-state index in [4.69, 9.17) is 27.9 Å². The van der Waals surface area contributed by atoms with E-state index in [1.165, 1.54) is 5.56 Å². The molecule has 110 valence electrons. The van der Waals surface area contributed by atoms with Gasteiger partial charge in [-0.1, -0.05) is 67.4 Å². The molecule has 0 N–H and O–H groups in total. The fourth-order valence-corrected chi connectivity index (χ4v) is 2.40. The van der Waals surface area contributed by atoms with Gasteiger partial charge in [0.15, 0.2) is 18.1 Å². The van der Waals surface area contributed by atoms with Crippen molar-refractivity contribution in [3.8, 4) is 5.75 Å². The van der Waals surface area contributed by atoms with Gasteiger partial charge in [-0.2, -0.15) is 0 Å². The number of hydrogen-bond donors (Lipinski definition) is 0. The van der Waals surface area contributed by atoms with Crippen molar-refractivity contribution in [1.29, 1.82) is 0 Å². The first-order chi connectivity index (χ1) is 9.99. The predicted molar refractivity (Wildman–Crippen MR) is 86.8 cm³/mol. The molecule has 0 unspecified atom stereocenters. The first kappa shape index (κ1) is 15.9. The molecule has 2 aromatic carbocycles. The zero-order valence-electron chi connectivity index (χ0n) is 11.9. The summed E-state index contributed by atoms with van der Waals surface area (Å²) >= 11 is 12.0. The lowest BCUT2D eigenvalue weighted by atomic mass is 10.0. The van der Waals surface area contributed by atoms with Gasteiger partial charge in [0, 0.05) is 5.56 Å². The smallest absolute Gasteiger partial charge is 0.200 e. The number of Topliss-reactive ketones (excluding diaryl/α,β-unsaturated/α-hetero) is 1. The van der Waals surface area contributed by atoms with Gasteiger partial charge in [-0.05, 0) is 23.6 Å².